The number of carboxylic acids is 2. The number of nitrogens with zero attached hydrogens (tertiary/aromatic N) is 4. The molecule has 1 saturated heterocycles. The van der Waals surface area contributed by atoms with Gasteiger partial charge in [0, 0.05) is 16.9 Å². The SMILES string of the molecule is CCON=C(C(=O)N[C@@H]1C(=O)N2C(C(=O)O)=C(CSc3nc(C(=O)O)c(-c4ccc(O)c(O)c4)s3)CS[C@@H]12)c1csc(N)n1. The Kier molecular flexibility index (Phi) is 9.00. The van der Waals surface area contributed by atoms with Crippen LogP contribution in [0.2, 0.25) is 0 Å². The molecule has 2 atom stereocenters. The van der Waals surface area contributed by atoms with Crippen LogP contribution in [-0.4, -0.2) is 94.3 Å². The number of benzene rings is 1. The minimum Gasteiger partial charge on any atom is -0.504 e. The van der Waals surface area contributed by atoms with Crippen molar-refractivity contribution in [3.8, 4) is 21.9 Å². The van der Waals surface area contributed by atoms with Crippen molar-refractivity contribution >= 4 is 80.8 Å². The van der Waals surface area contributed by atoms with Crippen LogP contribution >= 0.6 is 46.2 Å². The van der Waals surface area contributed by atoms with Gasteiger partial charge in [0.2, 0.25) is 0 Å². The second-order valence-corrected chi connectivity index (χ2v) is 13.2. The third-order valence-corrected chi connectivity index (χ3v) is 10.6. The maximum atomic E-state index is 13.1. The highest BCUT2D eigenvalue weighted by Crippen LogP contribution is 2.43. The molecule has 7 N–H and O–H groups in total. The zero-order valence-corrected chi connectivity index (χ0v) is 25.7. The van der Waals surface area contributed by atoms with Crippen LogP contribution in [-0.2, 0) is 19.2 Å². The first-order valence-electron chi connectivity index (χ1n) is 12.5. The lowest BCUT2D eigenvalue weighted by atomic mass is 10.0. The van der Waals surface area contributed by atoms with Gasteiger partial charge in [-0.15, -0.1) is 34.4 Å². The molecule has 2 aliphatic rings. The van der Waals surface area contributed by atoms with Crippen molar-refractivity contribution in [2.24, 2.45) is 5.16 Å². The molecule has 2 aliphatic heterocycles. The summed E-state index contributed by atoms with van der Waals surface area (Å²) in [4.78, 5) is 65.0. The largest absolute Gasteiger partial charge is 0.504 e. The van der Waals surface area contributed by atoms with Gasteiger partial charge in [0.1, 0.15) is 29.4 Å². The number of rotatable bonds is 11. The van der Waals surface area contributed by atoms with E-state index in [1.54, 1.807) is 6.92 Å². The van der Waals surface area contributed by atoms with Gasteiger partial charge in [0.15, 0.2) is 32.4 Å². The number of aromatic nitrogens is 2. The fourth-order valence-corrected chi connectivity index (χ4v) is 8.41. The van der Waals surface area contributed by atoms with E-state index in [4.69, 9.17) is 10.6 Å². The molecule has 19 heteroatoms. The molecule has 15 nitrogen and oxygen atoms in total. The number of fused-ring (bicyclic) bond motifs is 1. The number of phenols is 2. The molecule has 0 unspecified atom stereocenters. The number of oxime groups is 1. The number of nitrogens with two attached hydrogens (primary N) is 1. The van der Waals surface area contributed by atoms with Gasteiger partial charge in [-0.25, -0.2) is 19.6 Å². The van der Waals surface area contributed by atoms with Crippen molar-refractivity contribution in [1.82, 2.24) is 20.2 Å². The van der Waals surface area contributed by atoms with Crippen LogP contribution < -0.4 is 11.1 Å². The van der Waals surface area contributed by atoms with Gasteiger partial charge in [-0.2, -0.15) is 0 Å². The van der Waals surface area contributed by atoms with E-state index in [1.165, 1.54) is 35.3 Å². The molecular weight excluding hydrogens is 657 g/mol. The summed E-state index contributed by atoms with van der Waals surface area (Å²) in [6, 6.07) is 2.86. The molecule has 0 spiro atoms. The summed E-state index contributed by atoms with van der Waals surface area (Å²) in [5.74, 6) is -4.47. The summed E-state index contributed by atoms with van der Waals surface area (Å²) in [5.41, 5.74) is 5.93. The number of aliphatic carboxylic acids is 1. The number of aromatic hydroxyl groups is 2. The molecule has 0 radical (unpaired) electrons. The number of thiazole rings is 2. The van der Waals surface area contributed by atoms with Crippen molar-refractivity contribution in [3.05, 3.63) is 46.2 Å². The molecular formula is C25H22N6O9S4. The molecule has 1 fully saturated rings. The Morgan fingerprint density at radius 2 is 1.98 bits per heavy atom. The third-order valence-electron chi connectivity index (χ3n) is 6.22. The van der Waals surface area contributed by atoms with E-state index in [2.05, 4.69) is 20.4 Å². The normalized spacial score (nSPS) is 18.1. The fourth-order valence-electron chi connectivity index (χ4n) is 4.25. The smallest absolute Gasteiger partial charge is 0.356 e. The number of phenolic OH excluding ortho intramolecular Hbond substituents is 2. The van der Waals surface area contributed by atoms with Crippen LogP contribution in [0.1, 0.15) is 23.1 Å². The minimum absolute atomic E-state index is 0.0887. The van der Waals surface area contributed by atoms with E-state index in [1.807, 2.05) is 0 Å². The Morgan fingerprint density at radius 1 is 1.20 bits per heavy atom. The summed E-state index contributed by atoms with van der Waals surface area (Å²) in [7, 11) is 0. The molecule has 3 aromatic rings. The molecule has 4 heterocycles. The van der Waals surface area contributed by atoms with Crippen LogP contribution in [0.15, 0.2) is 44.3 Å². The predicted molar refractivity (Wildman–Crippen MR) is 163 cm³/mol. The molecule has 1 aromatic carbocycles. The Balaban J connectivity index is 1.33. The Bertz CT molecular complexity index is 1740. The zero-order chi connectivity index (χ0) is 31.7. The Morgan fingerprint density at radius 3 is 2.61 bits per heavy atom. The second kappa shape index (κ2) is 12.7. The molecule has 5 rings (SSSR count). The number of nitrogen functional groups attached to an aromatic ring is 1. The van der Waals surface area contributed by atoms with E-state index < -0.39 is 40.9 Å². The minimum atomic E-state index is -1.33. The van der Waals surface area contributed by atoms with Gasteiger partial charge >= 0.3 is 11.9 Å². The quantitative estimate of drug-likeness (QED) is 0.0561. The van der Waals surface area contributed by atoms with Crippen LogP contribution in [0.4, 0.5) is 5.13 Å². The average molecular weight is 679 g/mol. The first-order valence-corrected chi connectivity index (χ1v) is 16.2. The van der Waals surface area contributed by atoms with E-state index >= 15 is 0 Å². The maximum absolute atomic E-state index is 13.1. The highest BCUT2D eigenvalue weighted by Gasteiger charge is 2.54. The van der Waals surface area contributed by atoms with E-state index in [-0.39, 0.29) is 56.7 Å². The summed E-state index contributed by atoms with van der Waals surface area (Å²) < 4.78 is 0.318. The lowest BCUT2D eigenvalue weighted by Crippen LogP contribution is -2.71. The van der Waals surface area contributed by atoms with E-state index in [0.717, 1.165) is 39.3 Å². The molecule has 2 amide bonds. The van der Waals surface area contributed by atoms with Gasteiger partial charge in [-0.05, 0) is 36.3 Å². The van der Waals surface area contributed by atoms with Crippen LogP contribution in [0, 0.1) is 0 Å². The number of amides is 2. The molecule has 0 aliphatic carbocycles. The van der Waals surface area contributed by atoms with Gasteiger partial charge in [0.05, 0.1) is 4.88 Å². The number of carbonyl (C=O) groups is 4. The number of hydrogen-bond acceptors (Lipinski definition) is 15. The van der Waals surface area contributed by atoms with Crippen molar-refractivity contribution in [3.63, 3.8) is 0 Å². The van der Waals surface area contributed by atoms with Crippen LogP contribution in [0.5, 0.6) is 11.5 Å². The standard InChI is InChI=1S/C25H22N6O9S4/c1-2-40-30-14(11-8-42-24(26)27-11)19(34)28-16-20(35)31-17(23(38)39)10(6-41-21(16)31)7-43-25-29-15(22(36)37)18(44-25)9-3-4-12(32)13(33)5-9/h3-5,8,16,21,32-33H,2,6-7H2,1H3,(H2,26,27)(H,28,34)(H,36,37)(H,38,39)/t16-,21+/m1/s1. The topological polar surface area (TPSA) is 238 Å². The first-order chi connectivity index (χ1) is 21.0. The molecule has 0 saturated carbocycles. The number of β-lactam (4-membered cyclic amide) rings is 1. The van der Waals surface area contributed by atoms with E-state index in [9.17, 15) is 39.6 Å². The third kappa shape index (κ3) is 6.03. The number of nitrogens with one attached hydrogen (secondary N) is 1. The van der Waals surface area contributed by atoms with Gasteiger partial charge in [-0.3, -0.25) is 14.5 Å². The Hall–Kier alpha value is -4.33. The number of carbonyl (C=O) groups excluding carboxylic acids is 2. The summed E-state index contributed by atoms with van der Waals surface area (Å²) >= 11 is 4.48. The molecule has 0 bridgehead atoms. The monoisotopic (exact) mass is 678 g/mol. The summed E-state index contributed by atoms with van der Waals surface area (Å²) in [6.45, 7) is 1.86. The maximum Gasteiger partial charge on any atom is 0.356 e. The number of hydrogen-bond donors (Lipinski definition) is 6. The lowest BCUT2D eigenvalue weighted by molar-refractivity contribution is -0.150. The van der Waals surface area contributed by atoms with Gasteiger partial charge in [-0.1, -0.05) is 16.9 Å². The fraction of sp³-hybridized carbons (Fsp3) is 0.240. The second-order valence-electron chi connectivity index (χ2n) is 9.00. The molecule has 230 valence electrons. The predicted octanol–water partition coefficient (Wildman–Crippen LogP) is 2.23. The first kappa shape index (κ1) is 31.1. The van der Waals surface area contributed by atoms with Crippen molar-refractivity contribution in [1.29, 1.82) is 0 Å². The number of carboxylic acid groups (broad SMARTS) is 2. The van der Waals surface area contributed by atoms with Crippen LogP contribution in [0.3, 0.4) is 0 Å². The van der Waals surface area contributed by atoms with Crippen molar-refractivity contribution < 1.29 is 44.4 Å². The average Bonchev–Trinajstić information content (AvgIpc) is 3.62. The number of thioether (sulfide) groups is 2. The van der Waals surface area contributed by atoms with Gasteiger partial charge in [0.25, 0.3) is 11.8 Å². The van der Waals surface area contributed by atoms with Crippen LogP contribution in [0.25, 0.3) is 10.4 Å². The zero-order valence-electron chi connectivity index (χ0n) is 22.4. The number of aromatic carboxylic acids is 1. The van der Waals surface area contributed by atoms with Gasteiger partial charge < -0.3 is 36.3 Å². The van der Waals surface area contributed by atoms with E-state index in [0.29, 0.717) is 15.5 Å². The van der Waals surface area contributed by atoms with Crippen molar-refractivity contribution in [2.45, 2.75) is 22.7 Å². The number of anilines is 1. The summed E-state index contributed by atoms with van der Waals surface area (Å²) in [5, 5.41) is 46.6. The highest BCUT2D eigenvalue weighted by atomic mass is 32.2. The molecule has 2 aromatic heterocycles. The summed E-state index contributed by atoms with van der Waals surface area (Å²) in [6.07, 6.45) is 0. The molecule has 44 heavy (non-hydrogen) atoms. The lowest BCUT2D eigenvalue weighted by Gasteiger charge is -2.49. The Labute approximate surface area is 264 Å². The van der Waals surface area contributed by atoms with Crippen molar-refractivity contribution in [2.75, 3.05) is 23.8 Å². The highest BCUT2D eigenvalue weighted by molar-refractivity contribution is 8.02.